The van der Waals surface area contributed by atoms with Crippen molar-refractivity contribution in [3.8, 4) is 0 Å². The first-order chi connectivity index (χ1) is 13.2. The van der Waals surface area contributed by atoms with Crippen LogP contribution < -0.4 is 4.90 Å². The predicted molar refractivity (Wildman–Crippen MR) is 109 cm³/mol. The Morgan fingerprint density at radius 3 is 2.64 bits per heavy atom. The van der Waals surface area contributed by atoms with E-state index < -0.39 is 10.0 Å². The number of amides is 1. The van der Waals surface area contributed by atoms with Gasteiger partial charge < -0.3 is 9.32 Å². The molecular weight excluding hydrogens is 400 g/mol. The van der Waals surface area contributed by atoms with Crippen LogP contribution in [0, 0.1) is 6.92 Å². The SMILES string of the molecule is Cc1c(C(=O)N2CCc3cc(S(=O)(=O)N(C)C)ccc32)oc2c(Cl)cccc12. The lowest BCUT2D eigenvalue weighted by Gasteiger charge is -2.17. The number of para-hydroxylation sites is 1. The molecule has 3 aromatic rings. The van der Waals surface area contributed by atoms with E-state index in [0.717, 1.165) is 16.5 Å². The van der Waals surface area contributed by atoms with E-state index in [1.165, 1.54) is 24.5 Å². The fourth-order valence-electron chi connectivity index (χ4n) is 3.50. The average molecular weight is 419 g/mol. The van der Waals surface area contributed by atoms with Crippen LogP contribution in [-0.4, -0.2) is 39.3 Å². The Labute approximate surface area is 168 Å². The molecule has 4 rings (SSSR count). The number of anilines is 1. The number of hydrogen-bond donors (Lipinski definition) is 0. The lowest BCUT2D eigenvalue weighted by atomic mass is 10.1. The minimum atomic E-state index is -3.52. The number of carbonyl (C=O) groups excluding carboxylic acids is 1. The molecule has 0 radical (unpaired) electrons. The zero-order valence-corrected chi connectivity index (χ0v) is 17.3. The summed E-state index contributed by atoms with van der Waals surface area (Å²) in [6.45, 7) is 2.29. The number of sulfonamides is 1. The molecule has 0 N–H and O–H groups in total. The summed E-state index contributed by atoms with van der Waals surface area (Å²) >= 11 is 6.19. The lowest BCUT2D eigenvalue weighted by molar-refractivity contribution is 0.0964. The minimum Gasteiger partial charge on any atom is -0.449 e. The second-order valence-corrected chi connectivity index (χ2v) is 9.52. The van der Waals surface area contributed by atoms with Crippen LogP contribution in [0.25, 0.3) is 11.0 Å². The molecule has 0 saturated carbocycles. The largest absolute Gasteiger partial charge is 0.449 e. The van der Waals surface area contributed by atoms with Crippen molar-refractivity contribution in [2.75, 3.05) is 25.5 Å². The molecule has 2 aromatic carbocycles. The Hall–Kier alpha value is -2.35. The molecule has 2 heterocycles. The summed E-state index contributed by atoms with van der Waals surface area (Å²) in [6.07, 6.45) is 0.581. The fraction of sp³-hybridized carbons (Fsp3) is 0.250. The maximum absolute atomic E-state index is 13.2. The average Bonchev–Trinajstić information content (AvgIpc) is 3.23. The smallest absolute Gasteiger partial charge is 0.294 e. The maximum atomic E-state index is 13.2. The first-order valence-electron chi connectivity index (χ1n) is 8.76. The number of carbonyl (C=O) groups is 1. The highest BCUT2D eigenvalue weighted by Gasteiger charge is 2.31. The molecule has 1 amide bonds. The molecule has 0 unspecified atom stereocenters. The molecule has 0 aliphatic carbocycles. The van der Waals surface area contributed by atoms with Gasteiger partial charge in [-0.2, -0.15) is 0 Å². The summed E-state index contributed by atoms with van der Waals surface area (Å²) < 4.78 is 31.7. The molecule has 0 fully saturated rings. The van der Waals surface area contributed by atoms with E-state index in [-0.39, 0.29) is 16.6 Å². The molecule has 0 atom stereocenters. The Morgan fingerprint density at radius 1 is 1.21 bits per heavy atom. The van der Waals surface area contributed by atoms with Crippen molar-refractivity contribution in [3.05, 3.63) is 58.3 Å². The second kappa shape index (κ2) is 6.62. The van der Waals surface area contributed by atoms with Crippen LogP contribution in [0.4, 0.5) is 5.69 Å². The summed E-state index contributed by atoms with van der Waals surface area (Å²) in [5.41, 5.74) is 2.76. The van der Waals surface area contributed by atoms with Crippen LogP contribution in [-0.2, 0) is 16.4 Å². The van der Waals surface area contributed by atoms with Crippen LogP contribution in [0.15, 0.2) is 45.7 Å². The number of rotatable bonds is 3. The number of nitrogens with zero attached hydrogens (tertiary/aromatic N) is 2. The Bertz CT molecular complexity index is 1210. The molecule has 146 valence electrons. The van der Waals surface area contributed by atoms with E-state index in [0.29, 0.717) is 29.3 Å². The Morgan fingerprint density at radius 2 is 1.96 bits per heavy atom. The highest BCUT2D eigenvalue weighted by atomic mass is 35.5. The molecule has 1 aliphatic heterocycles. The summed E-state index contributed by atoms with van der Waals surface area (Å²) in [5.74, 6) is -0.00678. The van der Waals surface area contributed by atoms with Gasteiger partial charge in [0.05, 0.1) is 9.92 Å². The van der Waals surface area contributed by atoms with Crippen molar-refractivity contribution in [2.45, 2.75) is 18.2 Å². The first-order valence-corrected chi connectivity index (χ1v) is 10.6. The predicted octanol–water partition coefficient (Wildman–Crippen LogP) is 3.85. The molecule has 8 heteroatoms. The third kappa shape index (κ3) is 2.82. The number of hydrogen-bond acceptors (Lipinski definition) is 4. The molecule has 0 bridgehead atoms. The van der Waals surface area contributed by atoms with Gasteiger partial charge in [-0.05, 0) is 43.2 Å². The molecule has 0 saturated heterocycles. The molecule has 1 aliphatic rings. The number of furan rings is 1. The molecular formula is C20H19ClN2O4S. The normalized spacial score (nSPS) is 14.1. The van der Waals surface area contributed by atoms with Crippen molar-refractivity contribution in [3.63, 3.8) is 0 Å². The quantitative estimate of drug-likeness (QED) is 0.647. The van der Waals surface area contributed by atoms with Crippen molar-refractivity contribution in [1.29, 1.82) is 0 Å². The van der Waals surface area contributed by atoms with Gasteiger partial charge in [0.15, 0.2) is 11.3 Å². The fourth-order valence-corrected chi connectivity index (χ4v) is 4.66. The van der Waals surface area contributed by atoms with Gasteiger partial charge in [0, 0.05) is 37.3 Å². The summed E-state index contributed by atoms with van der Waals surface area (Å²) in [4.78, 5) is 15.0. The first kappa shape index (κ1) is 19.0. The maximum Gasteiger partial charge on any atom is 0.294 e. The third-order valence-corrected chi connectivity index (χ3v) is 7.19. The van der Waals surface area contributed by atoms with Crippen LogP contribution >= 0.6 is 11.6 Å². The van der Waals surface area contributed by atoms with E-state index in [1.807, 2.05) is 19.1 Å². The topological polar surface area (TPSA) is 70.8 Å². The van der Waals surface area contributed by atoms with Crippen molar-refractivity contribution in [2.24, 2.45) is 0 Å². The highest BCUT2D eigenvalue weighted by molar-refractivity contribution is 7.89. The van der Waals surface area contributed by atoms with Crippen molar-refractivity contribution >= 4 is 44.2 Å². The number of halogens is 1. The number of fused-ring (bicyclic) bond motifs is 2. The highest BCUT2D eigenvalue weighted by Crippen LogP contribution is 2.35. The second-order valence-electron chi connectivity index (χ2n) is 6.96. The Kier molecular flexibility index (Phi) is 4.49. The van der Waals surface area contributed by atoms with Crippen LogP contribution in [0.5, 0.6) is 0 Å². The minimum absolute atomic E-state index is 0.220. The van der Waals surface area contributed by atoms with Crippen LogP contribution in [0.2, 0.25) is 5.02 Å². The van der Waals surface area contributed by atoms with Gasteiger partial charge in [0.25, 0.3) is 5.91 Å². The third-order valence-electron chi connectivity index (χ3n) is 5.08. The van der Waals surface area contributed by atoms with E-state index >= 15 is 0 Å². The zero-order valence-electron chi connectivity index (χ0n) is 15.7. The summed E-state index contributed by atoms with van der Waals surface area (Å²) in [6, 6.07) is 10.3. The zero-order chi connectivity index (χ0) is 20.2. The lowest BCUT2D eigenvalue weighted by Crippen LogP contribution is -2.29. The van der Waals surface area contributed by atoms with E-state index in [9.17, 15) is 13.2 Å². The van der Waals surface area contributed by atoms with Gasteiger partial charge in [-0.1, -0.05) is 23.7 Å². The van der Waals surface area contributed by atoms with Gasteiger partial charge in [-0.3, -0.25) is 4.79 Å². The van der Waals surface area contributed by atoms with Crippen molar-refractivity contribution in [1.82, 2.24) is 4.31 Å². The molecule has 28 heavy (non-hydrogen) atoms. The van der Waals surface area contributed by atoms with Gasteiger partial charge >= 0.3 is 0 Å². The van der Waals surface area contributed by atoms with Gasteiger partial charge in [0.1, 0.15) is 0 Å². The number of benzene rings is 2. The standard InChI is InChI=1S/C20H19ClN2O4S/c1-12-15-5-4-6-16(21)19(15)27-18(12)20(24)23-10-9-13-11-14(7-8-17(13)23)28(25,26)22(2)3/h4-8,11H,9-10H2,1-3H3. The van der Waals surface area contributed by atoms with E-state index in [4.69, 9.17) is 16.0 Å². The van der Waals surface area contributed by atoms with Crippen molar-refractivity contribution < 1.29 is 17.6 Å². The molecule has 6 nitrogen and oxygen atoms in total. The summed E-state index contributed by atoms with van der Waals surface area (Å²) in [7, 11) is -0.533. The van der Waals surface area contributed by atoms with Gasteiger partial charge in [-0.25, -0.2) is 12.7 Å². The molecule has 0 spiro atoms. The van der Waals surface area contributed by atoms with Crippen LogP contribution in [0.3, 0.4) is 0 Å². The van der Waals surface area contributed by atoms with E-state index in [1.54, 1.807) is 23.1 Å². The van der Waals surface area contributed by atoms with Gasteiger partial charge in [0.2, 0.25) is 10.0 Å². The molecule has 1 aromatic heterocycles. The van der Waals surface area contributed by atoms with Gasteiger partial charge in [-0.15, -0.1) is 0 Å². The van der Waals surface area contributed by atoms with Crippen LogP contribution in [0.1, 0.15) is 21.7 Å². The van der Waals surface area contributed by atoms with E-state index in [2.05, 4.69) is 0 Å². The Balaban J connectivity index is 1.73. The number of aryl methyl sites for hydroxylation is 1. The monoisotopic (exact) mass is 418 g/mol. The summed E-state index contributed by atoms with van der Waals surface area (Å²) in [5, 5.41) is 1.27.